The van der Waals surface area contributed by atoms with Crippen molar-refractivity contribution in [2.75, 3.05) is 6.54 Å². The summed E-state index contributed by atoms with van der Waals surface area (Å²) in [6.07, 6.45) is 3.80. The minimum absolute atomic E-state index is 0.368. The third kappa shape index (κ3) is 2.78. The Morgan fingerprint density at radius 3 is 3.10 bits per heavy atom. The molecule has 20 heavy (non-hydrogen) atoms. The minimum atomic E-state index is 0.368. The van der Waals surface area contributed by atoms with E-state index in [1.807, 2.05) is 17.4 Å². The molecular weight excluding hydrogens is 286 g/mol. The summed E-state index contributed by atoms with van der Waals surface area (Å²) < 4.78 is 0. The summed E-state index contributed by atoms with van der Waals surface area (Å²) in [7, 11) is 0. The van der Waals surface area contributed by atoms with Gasteiger partial charge in [0.2, 0.25) is 0 Å². The van der Waals surface area contributed by atoms with E-state index >= 15 is 0 Å². The van der Waals surface area contributed by atoms with Crippen LogP contribution >= 0.6 is 22.9 Å². The van der Waals surface area contributed by atoms with Crippen molar-refractivity contribution in [3.8, 4) is 0 Å². The van der Waals surface area contributed by atoms with E-state index in [0.717, 1.165) is 11.6 Å². The van der Waals surface area contributed by atoms with E-state index in [0.29, 0.717) is 12.0 Å². The average Bonchev–Trinajstić information content (AvgIpc) is 2.93. The summed E-state index contributed by atoms with van der Waals surface area (Å²) in [5.41, 5.74) is 2.86. The monoisotopic (exact) mass is 305 g/mol. The molecule has 1 heterocycles. The van der Waals surface area contributed by atoms with Gasteiger partial charge in [0.1, 0.15) is 0 Å². The van der Waals surface area contributed by atoms with Crippen molar-refractivity contribution in [1.29, 1.82) is 0 Å². The van der Waals surface area contributed by atoms with Crippen LogP contribution in [0.1, 0.15) is 47.7 Å². The number of rotatable bonds is 4. The Bertz CT molecular complexity index is 578. The summed E-state index contributed by atoms with van der Waals surface area (Å²) in [5.74, 6) is 0.573. The minimum Gasteiger partial charge on any atom is -0.310 e. The molecule has 0 bridgehead atoms. The number of likely N-dealkylation sites (N-methyl/N-ethyl adjacent to an activating group) is 1. The van der Waals surface area contributed by atoms with Gasteiger partial charge in [-0.05, 0) is 60.5 Å². The average molecular weight is 306 g/mol. The summed E-state index contributed by atoms with van der Waals surface area (Å²) >= 11 is 8.09. The lowest BCUT2D eigenvalue weighted by atomic mass is 9.80. The third-order valence-electron chi connectivity index (χ3n) is 4.13. The van der Waals surface area contributed by atoms with Gasteiger partial charge < -0.3 is 5.32 Å². The largest absolute Gasteiger partial charge is 0.310 e. The predicted octanol–water partition coefficient (Wildman–Crippen LogP) is 5.17. The lowest BCUT2D eigenvalue weighted by Gasteiger charge is -2.31. The summed E-state index contributed by atoms with van der Waals surface area (Å²) in [4.78, 5) is 1.58. The number of thiophene rings is 1. The molecule has 3 heteroatoms. The third-order valence-corrected chi connectivity index (χ3v) is 5.36. The standard InChI is InChI=1S/C17H20ClNS/c1-2-19-17(12-5-3-6-13(18)11-12)15-7-4-8-16-14(15)9-10-20-16/h3,5-6,9-11,15,17,19H,2,4,7-8H2,1H3. The molecule has 0 saturated carbocycles. The molecule has 2 unspecified atom stereocenters. The molecule has 1 aliphatic rings. The van der Waals surface area contributed by atoms with Crippen LogP contribution in [-0.4, -0.2) is 6.54 Å². The maximum Gasteiger partial charge on any atom is 0.0409 e. The van der Waals surface area contributed by atoms with Gasteiger partial charge in [-0.15, -0.1) is 11.3 Å². The Hall–Kier alpha value is -0.830. The highest BCUT2D eigenvalue weighted by Crippen LogP contribution is 2.42. The van der Waals surface area contributed by atoms with Gasteiger partial charge >= 0.3 is 0 Å². The topological polar surface area (TPSA) is 12.0 Å². The second-order valence-electron chi connectivity index (χ2n) is 5.39. The van der Waals surface area contributed by atoms with Gasteiger partial charge in [-0.1, -0.05) is 30.7 Å². The maximum absolute atomic E-state index is 6.18. The normalized spacial score (nSPS) is 19.6. The second-order valence-corrected chi connectivity index (χ2v) is 6.83. The molecule has 3 rings (SSSR count). The molecule has 0 amide bonds. The molecule has 0 saturated heterocycles. The van der Waals surface area contributed by atoms with Crippen molar-refractivity contribution in [3.63, 3.8) is 0 Å². The lowest BCUT2D eigenvalue weighted by Crippen LogP contribution is -2.28. The Morgan fingerprint density at radius 1 is 1.40 bits per heavy atom. The summed E-state index contributed by atoms with van der Waals surface area (Å²) in [5, 5.41) is 6.74. The highest BCUT2D eigenvalue weighted by Gasteiger charge is 2.29. The number of aryl methyl sites for hydroxylation is 1. The van der Waals surface area contributed by atoms with Crippen molar-refractivity contribution in [3.05, 3.63) is 56.7 Å². The van der Waals surface area contributed by atoms with E-state index in [2.05, 4.69) is 41.9 Å². The zero-order chi connectivity index (χ0) is 13.9. The fraction of sp³-hybridized carbons (Fsp3) is 0.412. The molecule has 1 aromatic carbocycles. The molecule has 1 aromatic heterocycles. The van der Waals surface area contributed by atoms with Crippen LogP contribution in [0.15, 0.2) is 35.7 Å². The number of benzene rings is 1. The zero-order valence-electron chi connectivity index (χ0n) is 11.7. The quantitative estimate of drug-likeness (QED) is 0.821. The molecule has 0 spiro atoms. The Kier molecular flexibility index (Phi) is 4.45. The fourth-order valence-corrected chi connectivity index (χ4v) is 4.48. The molecule has 0 radical (unpaired) electrons. The van der Waals surface area contributed by atoms with E-state index in [9.17, 15) is 0 Å². The first-order valence-electron chi connectivity index (χ1n) is 7.34. The van der Waals surface area contributed by atoms with Crippen LogP contribution < -0.4 is 5.32 Å². The number of hydrogen-bond acceptors (Lipinski definition) is 2. The smallest absolute Gasteiger partial charge is 0.0409 e. The molecule has 106 valence electrons. The zero-order valence-corrected chi connectivity index (χ0v) is 13.3. The first-order chi connectivity index (χ1) is 9.79. The first-order valence-corrected chi connectivity index (χ1v) is 8.60. The molecular formula is C17H20ClNS. The fourth-order valence-electron chi connectivity index (χ4n) is 3.28. The van der Waals surface area contributed by atoms with Gasteiger partial charge in [-0.2, -0.15) is 0 Å². The van der Waals surface area contributed by atoms with Gasteiger partial charge in [0.15, 0.2) is 0 Å². The number of hydrogen-bond donors (Lipinski definition) is 1. The van der Waals surface area contributed by atoms with Crippen LogP contribution in [0.25, 0.3) is 0 Å². The molecule has 1 N–H and O–H groups in total. The second kappa shape index (κ2) is 6.30. The molecule has 0 fully saturated rings. The van der Waals surface area contributed by atoms with Crippen LogP contribution in [0.4, 0.5) is 0 Å². The van der Waals surface area contributed by atoms with Crippen LogP contribution in [0.2, 0.25) is 5.02 Å². The molecule has 1 aliphatic carbocycles. The number of halogens is 1. The molecule has 2 aromatic rings. The van der Waals surface area contributed by atoms with Crippen LogP contribution in [0.5, 0.6) is 0 Å². The number of nitrogens with one attached hydrogen (secondary N) is 1. The van der Waals surface area contributed by atoms with Gasteiger partial charge in [0.25, 0.3) is 0 Å². The van der Waals surface area contributed by atoms with Gasteiger partial charge in [-0.25, -0.2) is 0 Å². The van der Waals surface area contributed by atoms with Crippen molar-refractivity contribution in [1.82, 2.24) is 5.32 Å². The van der Waals surface area contributed by atoms with Crippen LogP contribution in [-0.2, 0) is 6.42 Å². The van der Waals surface area contributed by atoms with E-state index in [4.69, 9.17) is 11.6 Å². The molecule has 0 aliphatic heterocycles. The summed E-state index contributed by atoms with van der Waals surface area (Å²) in [6, 6.07) is 11.0. The maximum atomic E-state index is 6.18. The van der Waals surface area contributed by atoms with Crippen LogP contribution in [0.3, 0.4) is 0 Å². The Labute approximate surface area is 130 Å². The van der Waals surface area contributed by atoms with Gasteiger partial charge in [0, 0.05) is 21.9 Å². The van der Waals surface area contributed by atoms with E-state index in [1.165, 1.54) is 24.8 Å². The lowest BCUT2D eigenvalue weighted by molar-refractivity contribution is 0.411. The first kappa shape index (κ1) is 14.1. The Balaban J connectivity index is 1.96. The van der Waals surface area contributed by atoms with Gasteiger partial charge in [0.05, 0.1) is 0 Å². The SMILES string of the molecule is CCNC(c1cccc(Cl)c1)C1CCCc2sccc21. The summed E-state index contributed by atoms with van der Waals surface area (Å²) in [6.45, 7) is 3.15. The highest BCUT2D eigenvalue weighted by atomic mass is 35.5. The van der Waals surface area contributed by atoms with Crippen molar-refractivity contribution >= 4 is 22.9 Å². The Morgan fingerprint density at radius 2 is 2.30 bits per heavy atom. The van der Waals surface area contributed by atoms with E-state index in [-0.39, 0.29) is 0 Å². The predicted molar refractivity (Wildman–Crippen MR) is 87.9 cm³/mol. The van der Waals surface area contributed by atoms with E-state index < -0.39 is 0 Å². The van der Waals surface area contributed by atoms with Crippen molar-refractivity contribution < 1.29 is 0 Å². The van der Waals surface area contributed by atoms with Crippen LogP contribution in [0, 0.1) is 0 Å². The number of fused-ring (bicyclic) bond motifs is 1. The highest BCUT2D eigenvalue weighted by molar-refractivity contribution is 7.10. The van der Waals surface area contributed by atoms with Gasteiger partial charge in [-0.3, -0.25) is 0 Å². The van der Waals surface area contributed by atoms with Crippen molar-refractivity contribution in [2.24, 2.45) is 0 Å². The van der Waals surface area contributed by atoms with E-state index in [1.54, 1.807) is 10.4 Å². The van der Waals surface area contributed by atoms with Crippen molar-refractivity contribution in [2.45, 2.75) is 38.1 Å². The molecule has 2 atom stereocenters. The molecule has 1 nitrogen and oxygen atoms in total.